The van der Waals surface area contributed by atoms with Crippen LogP contribution < -0.4 is 5.32 Å². The Labute approximate surface area is 122 Å². The van der Waals surface area contributed by atoms with Crippen molar-refractivity contribution in [2.45, 2.75) is 20.3 Å². The summed E-state index contributed by atoms with van der Waals surface area (Å²) in [6.45, 7) is 8.61. The highest BCUT2D eigenvalue weighted by Crippen LogP contribution is 2.12. The number of anilines is 1. The largest absolute Gasteiger partial charge is 0.353 e. The molecular formula is C13H20BrN5. The minimum Gasteiger partial charge on any atom is -0.353 e. The Morgan fingerprint density at radius 2 is 2.11 bits per heavy atom. The molecule has 0 aliphatic rings. The molecule has 0 aromatic carbocycles. The van der Waals surface area contributed by atoms with Gasteiger partial charge in [-0.3, -0.25) is 0 Å². The summed E-state index contributed by atoms with van der Waals surface area (Å²) >= 11 is 3.42. The SMILES string of the molecule is CCN(CC)CCCNc1nc2ccc(Br)cn2n1. The second kappa shape index (κ2) is 6.86. The highest BCUT2D eigenvalue weighted by Gasteiger charge is 2.03. The third-order valence-corrected chi connectivity index (χ3v) is 3.59. The second-order valence-electron chi connectivity index (χ2n) is 4.39. The standard InChI is InChI=1S/C13H20BrN5/c1-3-18(4-2)9-5-8-15-13-16-12-7-6-11(14)10-19(12)17-13/h6-7,10H,3-5,8-9H2,1-2H3,(H,15,17). The van der Waals surface area contributed by atoms with E-state index in [1.807, 2.05) is 18.3 Å². The van der Waals surface area contributed by atoms with Crippen molar-refractivity contribution in [1.29, 1.82) is 0 Å². The molecule has 0 radical (unpaired) electrons. The van der Waals surface area contributed by atoms with Crippen LogP contribution in [0.1, 0.15) is 20.3 Å². The third-order valence-electron chi connectivity index (χ3n) is 3.12. The minimum atomic E-state index is 0.692. The highest BCUT2D eigenvalue weighted by molar-refractivity contribution is 9.10. The van der Waals surface area contributed by atoms with E-state index in [1.54, 1.807) is 4.52 Å². The molecule has 2 heterocycles. The van der Waals surface area contributed by atoms with Crippen molar-refractivity contribution in [3.05, 3.63) is 22.8 Å². The van der Waals surface area contributed by atoms with Crippen LogP contribution in [0.25, 0.3) is 5.65 Å². The molecule has 0 saturated heterocycles. The van der Waals surface area contributed by atoms with Crippen LogP contribution in [0.15, 0.2) is 22.8 Å². The van der Waals surface area contributed by atoms with Crippen LogP contribution in [0.3, 0.4) is 0 Å². The number of fused-ring (bicyclic) bond motifs is 1. The summed E-state index contributed by atoms with van der Waals surface area (Å²) in [5.41, 5.74) is 0.856. The van der Waals surface area contributed by atoms with Gasteiger partial charge in [-0.1, -0.05) is 13.8 Å². The summed E-state index contributed by atoms with van der Waals surface area (Å²) in [5, 5.41) is 7.65. The fourth-order valence-electron chi connectivity index (χ4n) is 1.98. The van der Waals surface area contributed by atoms with E-state index in [0.717, 1.165) is 42.7 Å². The molecule has 0 bridgehead atoms. The fourth-order valence-corrected chi connectivity index (χ4v) is 2.30. The summed E-state index contributed by atoms with van der Waals surface area (Å²) in [6, 6.07) is 3.91. The predicted molar refractivity (Wildman–Crippen MR) is 81.6 cm³/mol. The van der Waals surface area contributed by atoms with Gasteiger partial charge in [0.25, 0.3) is 0 Å². The average molecular weight is 326 g/mol. The molecule has 0 unspecified atom stereocenters. The Balaban J connectivity index is 1.84. The lowest BCUT2D eigenvalue weighted by Gasteiger charge is -2.17. The molecular weight excluding hydrogens is 306 g/mol. The van der Waals surface area contributed by atoms with E-state index in [2.05, 4.69) is 50.1 Å². The quantitative estimate of drug-likeness (QED) is 0.795. The number of hydrogen-bond donors (Lipinski definition) is 1. The van der Waals surface area contributed by atoms with Gasteiger partial charge in [-0.2, -0.15) is 4.98 Å². The van der Waals surface area contributed by atoms with Crippen LogP contribution in [-0.2, 0) is 0 Å². The van der Waals surface area contributed by atoms with E-state index in [4.69, 9.17) is 0 Å². The first-order chi connectivity index (χ1) is 9.22. The lowest BCUT2D eigenvalue weighted by Crippen LogP contribution is -2.25. The van der Waals surface area contributed by atoms with Gasteiger partial charge >= 0.3 is 0 Å². The zero-order valence-corrected chi connectivity index (χ0v) is 13.0. The summed E-state index contributed by atoms with van der Waals surface area (Å²) in [4.78, 5) is 6.83. The molecule has 0 spiro atoms. The monoisotopic (exact) mass is 325 g/mol. The Kier molecular flexibility index (Phi) is 5.15. The van der Waals surface area contributed by atoms with Crippen LogP contribution in [0.2, 0.25) is 0 Å². The van der Waals surface area contributed by atoms with Gasteiger partial charge in [0.1, 0.15) is 0 Å². The lowest BCUT2D eigenvalue weighted by atomic mass is 10.3. The number of hydrogen-bond acceptors (Lipinski definition) is 4. The van der Waals surface area contributed by atoms with Gasteiger partial charge in [0, 0.05) is 17.2 Å². The maximum absolute atomic E-state index is 4.42. The zero-order chi connectivity index (χ0) is 13.7. The van der Waals surface area contributed by atoms with Crippen LogP contribution in [-0.4, -0.2) is 45.7 Å². The first-order valence-corrected chi connectivity index (χ1v) is 7.50. The molecule has 2 aromatic rings. The van der Waals surface area contributed by atoms with Crippen molar-refractivity contribution in [3.63, 3.8) is 0 Å². The van der Waals surface area contributed by atoms with Crippen molar-refractivity contribution in [2.24, 2.45) is 0 Å². The smallest absolute Gasteiger partial charge is 0.243 e. The van der Waals surface area contributed by atoms with Crippen LogP contribution in [0.5, 0.6) is 0 Å². The van der Waals surface area contributed by atoms with E-state index in [-0.39, 0.29) is 0 Å². The van der Waals surface area contributed by atoms with Crippen molar-refractivity contribution in [1.82, 2.24) is 19.5 Å². The van der Waals surface area contributed by atoms with Gasteiger partial charge in [0.15, 0.2) is 5.65 Å². The Bertz CT molecular complexity index is 521. The van der Waals surface area contributed by atoms with Crippen LogP contribution >= 0.6 is 15.9 Å². The van der Waals surface area contributed by atoms with Gasteiger partial charge < -0.3 is 10.2 Å². The average Bonchev–Trinajstić information content (AvgIpc) is 2.80. The number of nitrogens with zero attached hydrogens (tertiary/aromatic N) is 4. The number of aromatic nitrogens is 3. The van der Waals surface area contributed by atoms with E-state index < -0.39 is 0 Å². The molecule has 19 heavy (non-hydrogen) atoms. The summed E-state index contributed by atoms with van der Waals surface area (Å²) in [7, 11) is 0. The molecule has 5 nitrogen and oxygen atoms in total. The number of pyridine rings is 1. The molecule has 0 amide bonds. The second-order valence-corrected chi connectivity index (χ2v) is 5.31. The normalized spacial score (nSPS) is 11.4. The fraction of sp³-hybridized carbons (Fsp3) is 0.538. The zero-order valence-electron chi connectivity index (χ0n) is 11.4. The maximum Gasteiger partial charge on any atom is 0.243 e. The van der Waals surface area contributed by atoms with E-state index in [1.165, 1.54) is 0 Å². The molecule has 0 atom stereocenters. The highest BCUT2D eigenvalue weighted by atomic mass is 79.9. The van der Waals surface area contributed by atoms with E-state index in [0.29, 0.717) is 5.95 Å². The first kappa shape index (κ1) is 14.3. The van der Waals surface area contributed by atoms with E-state index >= 15 is 0 Å². The molecule has 2 aromatic heterocycles. The molecule has 6 heteroatoms. The molecule has 0 fully saturated rings. The number of rotatable bonds is 7. The first-order valence-electron chi connectivity index (χ1n) is 6.71. The molecule has 2 rings (SSSR count). The Morgan fingerprint density at radius 3 is 2.84 bits per heavy atom. The van der Waals surface area contributed by atoms with Gasteiger partial charge in [-0.05, 0) is 54.1 Å². The molecule has 0 aliphatic heterocycles. The van der Waals surface area contributed by atoms with Crippen LogP contribution in [0, 0.1) is 0 Å². The summed E-state index contributed by atoms with van der Waals surface area (Å²) < 4.78 is 2.77. The molecule has 1 N–H and O–H groups in total. The molecule has 0 saturated carbocycles. The maximum atomic E-state index is 4.42. The number of nitrogens with one attached hydrogen (secondary N) is 1. The van der Waals surface area contributed by atoms with Gasteiger partial charge in [-0.25, -0.2) is 4.52 Å². The minimum absolute atomic E-state index is 0.692. The summed E-state index contributed by atoms with van der Waals surface area (Å²) in [5.74, 6) is 0.692. The molecule has 0 aliphatic carbocycles. The van der Waals surface area contributed by atoms with E-state index in [9.17, 15) is 0 Å². The number of halogens is 1. The summed E-state index contributed by atoms with van der Waals surface area (Å²) in [6.07, 6.45) is 3.00. The van der Waals surface area contributed by atoms with Crippen molar-refractivity contribution >= 4 is 27.5 Å². The predicted octanol–water partition coefficient (Wildman–Crippen LogP) is 2.64. The van der Waals surface area contributed by atoms with Gasteiger partial charge in [0.05, 0.1) is 0 Å². The Hall–Kier alpha value is -1.14. The van der Waals surface area contributed by atoms with Gasteiger partial charge in [0.2, 0.25) is 5.95 Å². The van der Waals surface area contributed by atoms with Gasteiger partial charge in [-0.15, -0.1) is 5.10 Å². The van der Waals surface area contributed by atoms with Crippen molar-refractivity contribution < 1.29 is 0 Å². The third kappa shape index (κ3) is 3.91. The lowest BCUT2D eigenvalue weighted by molar-refractivity contribution is 0.303. The van der Waals surface area contributed by atoms with Crippen LogP contribution in [0.4, 0.5) is 5.95 Å². The Morgan fingerprint density at radius 1 is 1.32 bits per heavy atom. The topological polar surface area (TPSA) is 45.5 Å². The van der Waals surface area contributed by atoms with Crippen molar-refractivity contribution in [2.75, 3.05) is 31.5 Å². The molecule has 104 valence electrons. The van der Waals surface area contributed by atoms with Crippen molar-refractivity contribution in [3.8, 4) is 0 Å².